The summed E-state index contributed by atoms with van der Waals surface area (Å²) >= 11 is 10.4. The molecule has 0 saturated carbocycles. The number of thiocarbonyl (C=S) groups is 1. The van der Waals surface area contributed by atoms with Crippen LogP contribution in [0.2, 0.25) is 5.02 Å². The molecular formula is C9H10ClFN2OS. The van der Waals surface area contributed by atoms with Gasteiger partial charge >= 0.3 is 0 Å². The summed E-state index contributed by atoms with van der Waals surface area (Å²) in [7, 11) is 0. The fourth-order valence-electron chi connectivity index (χ4n) is 1.04. The van der Waals surface area contributed by atoms with Gasteiger partial charge in [-0.3, -0.25) is 0 Å². The Balaban J connectivity index is 3.09. The first kappa shape index (κ1) is 12.0. The maximum Gasteiger partial charge on any atom is 0.190 e. The average molecular weight is 249 g/mol. The van der Waals surface area contributed by atoms with Crippen LogP contribution in [-0.2, 0) is 0 Å². The Morgan fingerprint density at radius 2 is 2.33 bits per heavy atom. The molecule has 0 bridgehead atoms. The van der Waals surface area contributed by atoms with Crippen molar-refractivity contribution in [1.82, 2.24) is 0 Å². The number of anilines is 1. The Morgan fingerprint density at radius 3 is 2.87 bits per heavy atom. The predicted molar refractivity (Wildman–Crippen MR) is 63.0 cm³/mol. The Labute approximate surface area is 97.4 Å². The van der Waals surface area contributed by atoms with Crippen LogP contribution in [-0.4, -0.2) is 11.7 Å². The molecule has 0 aromatic heterocycles. The van der Waals surface area contributed by atoms with E-state index in [2.05, 4.69) is 17.5 Å². The van der Waals surface area contributed by atoms with Crippen LogP contribution in [0.4, 0.5) is 10.1 Å². The van der Waals surface area contributed by atoms with Gasteiger partial charge in [0.05, 0.1) is 17.3 Å². The molecule has 0 atom stereocenters. The summed E-state index contributed by atoms with van der Waals surface area (Å²) in [6.45, 7) is 2.07. The van der Waals surface area contributed by atoms with E-state index >= 15 is 0 Å². The standard InChI is InChI=1S/C9H10ClFN2OS/c1-2-14-8-5(10)3-4-6(7(8)11)13-9(12)15/h3-4H,2H2,1H3,(H3,12,13,15). The van der Waals surface area contributed by atoms with E-state index in [4.69, 9.17) is 22.1 Å². The molecule has 3 N–H and O–H groups in total. The van der Waals surface area contributed by atoms with Gasteiger partial charge in [0.2, 0.25) is 0 Å². The SMILES string of the molecule is CCOc1c(Cl)ccc(NC(N)=S)c1F. The predicted octanol–water partition coefficient (Wildman–Crippen LogP) is 2.53. The average Bonchev–Trinajstić information content (AvgIpc) is 2.16. The van der Waals surface area contributed by atoms with Gasteiger partial charge in [-0.2, -0.15) is 0 Å². The van der Waals surface area contributed by atoms with Crippen LogP contribution in [0.5, 0.6) is 5.75 Å². The van der Waals surface area contributed by atoms with Crippen LogP contribution >= 0.6 is 23.8 Å². The molecule has 0 spiro atoms. The van der Waals surface area contributed by atoms with Crippen molar-refractivity contribution in [1.29, 1.82) is 0 Å². The zero-order valence-electron chi connectivity index (χ0n) is 8.01. The molecule has 0 saturated heterocycles. The number of nitrogens with one attached hydrogen (secondary N) is 1. The van der Waals surface area contributed by atoms with Gasteiger partial charge in [0, 0.05) is 0 Å². The zero-order chi connectivity index (χ0) is 11.4. The number of ether oxygens (including phenoxy) is 1. The molecule has 0 fully saturated rings. The molecule has 0 aliphatic carbocycles. The van der Waals surface area contributed by atoms with Gasteiger partial charge in [0.25, 0.3) is 0 Å². The molecule has 15 heavy (non-hydrogen) atoms. The van der Waals surface area contributed by atoms with Crippen LogP contribution in [0.3, 0.4) is 0 Å². The highest BCUT2D eigenvalue weighted by atomic mass is 35.5. The van der Waals surface area contributed by atoms with E-state index in [1.807, 2.05) is 0 Å². The lowest BCUT2D eigenvalue weighted by molar-refractivity contribution is 0.322. The molecular weight excluding hydrogens is 239 g/mol. The minimum atomic E-state index is -0.600. The molecule has 82 valence electrons. The lowest BCUT2D eigenvalue weighted by Gasteiger charge is -2.11. The van der Waals surface area contributed by atoms with Gasteiger partial charge in [-0.15, -0.1) is 0 Å². The first-order valence-corrected chi connectivity index (χ1v) is 5.02. The minimum Gasteiger partial charge on any atom is -0.489 e. The molecule has 1 aromatic rings. The van der Waals surface area contributed by atoms with Gasteiger partial charge < -0.3 is 15.8 Å². The number of hydrogen-bond donors (Lipinski definition) is 2. The summed E-state index contributed by atoms with van der Waals surface area (Å²) < 4.78 is 18.8. The van der Waals surface area contributed by atoms with E-state index in [0.29, 0.717) is 6.61 Å². The molecule has 0 radical (unpaired) electrons. The van der Waals surface area contributed by atoms with Crippen molar-refractivity contribution in [3.05, 3.63) is 23.0 Å². The quantitative estimate of drug-likeness (QED) is 0.807. The highest BCUT2D eigenvalue weighted by Crippen LogP contribution is 2.32. The second kappa shape index (κ2) is 5.14. The third kappa shape index (κ3) is 2.94. The Hall–Kier alpha value is -1.07. The summed E-state index contributed by atoms with van der Waals surface area (Å²) in [5.74, 6) is -0.599. The van der Waals surface area contributed by atoms with E-state index < -0.39 is 5.82 Å². The van der Waals surface area contributed by atoms with E-state index in [1.165, 1.54) is 12.1 Å². The van der Waals surface area contributed by atoms with Gasteiger partial charge in [-0.05, 0) is 31.3 Å². The highest BCUT2D eigenvalue weighted by Gasteiger charge is 2.13. The number of hydrogen-bond acceptors (Lipinski definition) is 2. The molecule has 0 aliphatic rings. The van der Waals surface area contributed by atoms with Crippen molar-refractivity contribution in [2.75, 3.05) is 11.9 Å². The van der Waals surface area contributed by atoms with Crippen molar-refractivity contribution in [3.8, 4) is 5.75 Å². The van der Waals surface area contributed by atoms with Crippen molar-refractivity contribution < 1.29 is 9.13 Å². The normalized spacial score (nSPS) is 9.80. The molecule has 3 nitrogen and oxygen atoms in total. The summed E-state index contributed by atoms with van der Waals surface area (Å²) in [5.41, 5.74) is 5.38. The number of benzene rings is 1. The molecule has 0 heterocycles. The summed E-state index contributed by atoms with van der Waals surface area (Å²) in [5, 5.41) is 2.69. The second-order valence-corrected chi connectivity index (χ2v) is 3.51. The molecule has 6 heteroatoms. The van der Waals surface area contributed by atoms with E-state index in [1.54, 1.807) is 6.92 Å². The smallest absolute Gasteiger partial charge is 0.190 e. The third-order valence-corrected chi connectivity index (χ3v) is 2.00. The molecule has 1 aromatic carbocycles. The Kier molecular flexibility index (Phi) is 4.11. The van der Waals surface area contributed by atoms with Gasteiger partial charge in [-0.1, -0.05) is 11.6 Å². The maximum atomic E-state index is 13.7. The molecule has 0 unspecified atom stereocenters. The van der Waals surface area contributed by atoms with Crippen molar-refractivity contribution in [2.45, 2.75) is 6.92 Å². The van der Waals surface area contributed by atoms with Crippen LogP contribution < -0.4 is 15.8 Å². The van der Waals surface area contributed by atoms with Crippen molar-refractivity contribution >= 4 is 34.6 Å². The minimum absolute atomic E-state index is 0.000386. The largest absolute Gasteiger partial charge is 0.489 e. The maximum absolute atomic E-state index is 13.7. The monoisotopic (exact) mass is 248 g/mol. The first-order chi connectivity index (χ1) is 7.06. The van der Waals surface area contributed by atoms with Gasteiger partial charge in [-0.25, -0.2) is 4.39 Å². The lowest BCUT2D eigenvalue weighted by atomic mass is 10.3. The number of halogens is 2. The molecule has 0 aliphatic heterocycles. The lowest BCUT2D eigenvalue weighted by Crippen LogP contribution is -2.19. The number of nitrogens with two attached hydrogens (primary N) is 1. The third-order valence-electron chi connectivity index (χ3n) is 1.60. The van der Waals surface area contributed by atoms with E-state index in [9.17, 15) is 4.39 Å². The topological polar surface area (TPSA) is 47.3 Å². The fraction of sp³-hybridized carbons (Fsp3) is 0.222. The van der Waals surface area contributed by atoms with Crippen LogP contribution in [0, 0.1) is 5.82 Å². The Bertz CT molecular complexity index is 387. The number of rotatable bonds is 3. The fourth-order valence-corrected chi connectivity index (χ4v) is 1.35. The summed E-state index contributed by atoms with van der Waals surface area (Å²) in [6, 6.07) is 2.95. The van der Waals surface area contributed by atoms with Crippen LogP contribution in [0.15, 0.2) is 12.1 Å². The van der Waals surface area contributed by atoms with Gasteiger partial charge in [0.1, 0.15) is 0 Å². The van der Waals surface area contributed by atoms with Crippen molar-refractivity contribution in [2.24, 2.45) is 5.73 Å². The van der Waals surface area contributed by atoms with E-state index in [0.717, 1.165) is 0 Å². The summed E-state index contributed by atoms with van der Waals surface area (Å²) in [6.07, 6.45) is 0. The van der Waals surface area contributed by atoms with Crippen molar-refractivity contribution in [3.63, 3.8) is 0 Å². The van der Waals surface area contributed by atoms with E-state index in [-0.39, 0.29) is 21.6 Å². The second-order valence-electron chi connectivity index (χ2n) is 2.66. The molecule has 0 amide bonds. The van der Waals surface area contributed by atoms with Gasteiger partial charge in [0.15, 0.2) is 16.7 Å². The van der Waals surface area contributed by atoms with Crippen LogP contribution in [0.1, 0.15) is 6.92 Å². The van der Waals surface area contributed by atoms with Crippen LogP contribution in [0.25, 0.3) is 0 Å². The Morgan fingerprint density at radius 1 is 1.67 bits per heavy atom. The highest BCUT2D eigenvalue weighted by molar-refractivity contribution is 7.80. The summed E-state index contributed by atoms with van der Waals surface area (Å²) in [4.78, 5) is 0. The molecule has 1 rings (SSSR count). The zero-order valence-corrected chi connectivity index (χ0v) is 9.58. The first-order valence-electron chi connectivity index (χ1n) is 4.23.